The molecule has 0 saturated carbocycles. The number of carbonyl (C=O) groups is 1. The highest BCUT2D eigenvalue weighted by molar-refractivity contribution is 5.68. The number of nitrogens with zero attached hydrogens (tertiary/aromatic N) is 1. The molecule has 0 spiro atoms. The van der Waals surface area contributed by atoms with Crippen LogP contribution >= 0.6 is 0 Å². The van der Waals surface area contributed by atoms with Gasteiger partial charge in [0.15, 0.2) is 0 Å². The Bertz CT molecular complexity index is 615. The Morgan fingerprint density at radius 2 is 1.96 bits per heavy atom. The van der Waals surface area contributed by atoms with E-state index >= 15 is 0 Å². The minimum atomic E-state index is -0.437. The van der Waals surface area contributed by atoms with Crippen molar-refractivity contribution < 1.29 is 9.53 Å². The Morgan fingerprint density at radius 1 is 1.19 bits per heavy atom. The van der Waals surface area contributed by atoms with E-state index in [0.717, 1.165) is 38.4 Å². The van der Waals surface area contributed by atoms with Crippen LogP contribution in [0.2, 0.25) is 0 Å². The first kappa shape index (κ1) is 19.2. The van der Waals surface area contributed by atoms with Gasteiger partial charge in [0.05, 0.1) is 0 Å². The Balaban J connectivity index is 1.67. The fourth-order valence-corrected chi connectivity index (χ4v) is 4.05. The molecular weight excluding hydrogens is 324 g/mol. The monoisotopic (exact) mass is 358 g/mol. The summed E-state index contributed by atoms with van der Waals surface area (Å²) in [4.78, 5) is 14.3. The van der Waals surface area contributed by atoms with Gasteiger partial charge >= 0.3 is 6.09 Å². The molecule has 1 aromatic rings. The highest BCUT2D eigenvalue weighted by atomic mass is 16.6. The molecule has 1 aromatic carbocycles. The molecule has 2 heterocycles. The second kappa shape index (κ2) is 7.99. The van der Waals surface area contributed by atoms with Crippen LogP contribution in [0.15, 0.2) is 24.3 Å². The third kappa shape index (κ3) is 5.00. The van der Waals surface area contributed by atoms with Gasteiger partial charge in [-0.1, -0.05) is 31.2 Å². The fourth-order valence-electron chi connectivity index (χ4n) is 4.05. The Morgan fingerprint density at radius 3 is 2.65 bits per heavy atom. The number of ether oxygens (including phenoxy) is 1. The van der Waals surface area contributed by atoms with Crippen LogP contribution in [0, 0.1) is 5.92 Å². The van der Waals surface area contributed by atoms with Gasteiger partial charge in [-0.05, 0) is 70.0 Å². The number of piperidine rings is 2. The van der Waals surface area contributed by atoms with Crippen molar-refractivity contribution in [2.24, 2.45) is 5.92 Å². The van der Waals surface area contributed by atoms with Gasteiger partial charge in [0.1, 0.15) is 5.60 Å². The van der Waals surface area contributed by atoms with Crippen LogP contribution in [0.3, 0.4) is 0 Å². The van der Waals surface area contributed by atoms with Crippen molar-refractivity contribution in [2.75, 3.05) is 19.6 Å². The highest BCUT2D eigenvalue weighted by Gasteiger charge is 2.29. The summed E-state index contributed by atoms with van der Waals surface area (Å²) < 4.78 is 5.57. The molecule has 1 amide bonds. The molecule has 4 nitrogen and oxygen atoms in total. The van der Waals surface area contributed by atoms with Gasteiger partial charge in [0.25, 0.3) is 0 Å². The molecular formula is C22H34N2O2. The molecule has 2 aliphatic heterocycles. The molecule has 0 aliphatic carbocycles. The van der Waals surface area contributed by atoms with E-state index in [2.05, 4.69) is 36.5 Å². The predicted octanol–water partition coefficient (Wildman–Crippen LogP) is 4.86. The molecule has 2 fully saturated rings. The second-order valence-electron chi connectivity index (χ2n) is 9.08. The summed E-state index contributed by atoms with van der Waals surface area (Å²) in [6.45, 7) is 10.7. The third-order valence-corrected chi connectivity index (χ3v) is 5.52. The summed E-state index contributed by atoms with van der Waals surface area (Å²) in [6.07, 6.45) is 4.49. The first-order valence-corrected chi connectivity index (χ1v) is 10.1. The molecule has 0 bridgehead atoms. The molecule has 0 radical (unpaired) electrons. The number of rotatable bonds is 2. The SMILES string of the molecule is C[C@H]1CC[C@H](c2cccc(C3CCCN(C(=O)OC(C)(C)C)C3)c2)NC1. The largest absolute Gasteiger partial charge is 0.444 e. The minimum Gasteiger partial charge on any atom is -0.444 e. The molecule has 1 unspecified atom stereocenters. The molecule has 4 heteroatoms. The first-order chi connectivity index (χ1) is 12.3. The van der Waals surface area contributed by atoms with Crippen LogP contribution in [-0.2, 0) is 4.74 Å². The van der Waals surface area contributed by atoms with Gasteiger partial charge in [-0.15, -0.1) is 0 Å². The average Bonchev–Trinajstić information content (AvgIpc) is 2.61. The summed E-state index contributed by atoms with van der Waals surface area (Å²) in [5.74, 6) is 1.17. The summed E-state index contributed by atoms with van der Waals surface area (Å²) in [6, 6.07) is 9.47. The molecule has 2 aliphatic rings. The molecule has 3 rings (SSSR count). The van der Waals surface area contributed by atoms with E-state index in [9.17, 15) is 4.79 Å². The number of likely N-dealkylation sites (tertiary alicyclic amines) is 1. The molecule has 0 aromatic heterocycles. The molecule has 1 N–H and O–H groups in total. The molecule has 2 saturated heterocycles. The summed E-state index contributed by atoms with van der Waals surface area (Å²) in [5, 5.41) is 3.68. The third-order valence-electron chi connectivity index (χ3n) is 5.52. The number of nitrogens with one attached hydrogen (secondary N) is 1. The van der Waals surface area contributed by atoms with Crippen molar-refractivity contribution in [3.05, 3.63) is 35.4 Å². The predicted molar refractivity (Wildman–Crippen MR) is 105 cm³/mol. The maximum atomic E-state index is 12.4. The van der Waals surface area contributed by atoms with Crippen LogP contribution in [0.25, 0.3) is 0 Å². The number of benzene rings is 1. The lowest BCUT2D eigenvalue weighted by atomic mass is 9.87. The highest BCUT2D eigenvalue weighted by Crippen LogP contribution is 2.31. The lowest BCUT2D eigenvalue weighted by Gasteiger charge is -2.35. The summed E-state index contributed by atoms with van der Waals surface area (Å²) in [7, 11) is 0. The Labute approximate surface area is 158 Å². The first-order valence-electron chi connectivity index (χ1n) is 10.1. The average molecular weight is 359 g/mol. The van der Waals surface area contributed by atoms with Crippen molar-refractivity contribution in [2.45, 2.75) is 70.9 Å². The van der Waals surface area contributed by atoms with Crippen LogP contribution in [-0.4, -0.2) is 36.2 Å². The smallest absolute Gasteiger partial charge is 0.410 e. The van der Waals surface area contributed by atoms with Gasteiger partial charge in [-0.25, -0.2) is 4.79 Å². The lowest BCUT2D eigenvalue weighted by molar-refractivity contribution is 0.0198. The van der Waals surface area contributed by atoms with E-state index < -0.39 is 5.60 Å². The second-order valence-corrected chi connectivity index (χ2v) is 9.08. The zero-order chi connectivity index (χ0) is 18.7. The van der Waals surface area contributed by atoms with E-state index in [-0.39, 0.29) is 6.09 Å². The van der Waals surface area contributed by atoms with Gasteiger partial charge in [0.2, 0.25) is 0 Å². The number of amides is 1. The van der Waals surface area contributed by atoms with E-state index in [0.29, 0.717) is 12.0 Å². The number of carbonyl (C=O) groups excluding carboxylic acids is 1. The van der Waals surface area contributed by atoms with Gasteiger partial charge in [-0.3, -0.25) is 0 Å². The van der Waals surface area contributed by atoms with Crippen molar-refractivity contribution in [1.82, 2.24) is 10.2 Å². The van der Waals surface area contributed by atoms with Crippen molar-refractivity contribution in [3.63, 3.8) is 0 Å². The van der Waals surface area contributed by atoms with Crippen molar-refractivity contribution >= 4 is 6.09 Å². The number of hydrogen-bond donors (Lipinski definition) is 1. The van der Waals surface area contributed by atoms with E-state index in [4.69, 9.17) is 4.74 Å². The Hall–Kier alpha value is -1.55. The zero-order valence-electron chi connectivity index (χ0n) is 16.8. The lowest BCUT2D eigenvalue weighted by Crippen LogP contribution is -2.42. The van der Waals surface area contributed by atoms with E-state index in [1.165, 1.54) is 24.0 Å². The van der Waals surface area contributed by atoms with Crippen molar-refractivity contribution in [3.8, 4) is 0 Å². The fraction of sp³-hybridized carbons (Fsp3) is 0.682. The Kier molecular flexibility index (Phi) is 5.91. The molecule has 26 heavy (non-hydrogen) atoms. The van der Waals surface area contributed by atoms with Crippen molar-refractivity contribution in [1.29, 1.82) is 0 Å². The number of hydrogen-bond acceptors (Lipinski definition) is 3. The quantitative estimate of drug-likeness (QED) is 0.821. The zero-order valence-corrected chi connectivity index (χ0v) is 16.8. The maximum Gasteiger partial charge on any atom is 0.410 e. The van der Waals surface area contributed by atoms with Gasteiger partial charge in [0, 0.05) is 25.0 Å². The van der Waals surface area contributed by atoms with Crippen LogP contribution in [0.4, 0.5) is 4.79 Å². The van der Waals surface area contributed by atoms with Crippen LogP contribution in [0.1, 0.15) is 76.5 Å². The van der Waals surface area contributed by atoms with E-state index in [1.54, 1.807) is 0 Å². The summed E-state index contributed by atoms with van der Waals surface area (Å²) in [5.41, 5.74) is 2.31. The van der Waals surface area contributed by atoms with Crippen LogP contribution in [0.5, 0.6) is 0 Å². The van der Waals surface area contributed by atoms with Gasteiger partial charge < -0.3 is 15.0 Å². The molecule has 3 atom stereocenters. The standard InChI is InChI=1S/C22H34N2O2/c1-16-10-11-20(23-14-16)18-8-5-7-17(13-18)19-9-6-12-24(15-19)21(25)26-22(2,3)4/h5,7-8,13,16,19-20,23H,6,9-12,14-15H2,1-4H3/t16-,19?,20+/m0/s1. The van der Waals surface area contributed by atoms with Crippen LogP contribution < -0.4 is 5.32 Å². The van der Waals surface area contributed by atoms with E-state index in [1.807, 2.05) is 25.7 Å². The molecule has 144 valence electrons. The minimum absolute atomic E-state index is 0.179. The van der Waals surface area contributed by atoms with Gasteiger partial charge in [-0.2, -0.15) is 0 Å². The maximum absolute atomic E-state index is 12.4. The summed E-state index contributed by atoms with van der Waals surface area (Å²) >= 11 is 0. The normalized spacial score (nSPS) is 27.2. The topological polar surface area (TPSA) is 41.6 Å².